The van der Waals surface area contributed by atoms with Gasteiger partial charge < -0.3 is 14.8 Å². The van der Waals surface area contributed by atoms with E-state index in [2.05, 4.69) is 21.2 Å². The van der Waals surface area contributed by atoms with Crippen molar-refractivity contribution in [3.63, 3.8) is 0 Å². The largest absolute Gasteiger partial charge is 0.493 e. The average molecular weight is 393 g/mol. The molecule has 0 spiro atoms. The quantitative estimate of drug-likeness (QED) is 0.569. The maximum atomic E-state index is 12.2. The second-order valence-corrected chi connectivity index (χ2v) is 6.46. The summed E-state index contributed by atoms with van der Waals surface area (Å²) in [5, 5.41) is 12.1. The molecule has 1 aliphatic heterocycles. The molecule has 0 saturated carbocycles. The van der Waals surface area contributed by atoms with Crippen LogP contribution in [0.1, 0.15) is 31.7 Å². The predicted molar refractivity (Wildman–Crippen MR) is 95.5 cm³/mol. The van der Waals surface area contributed by atoms with Crippen LogP contribution < -0.4 is 10.1 Å². The zero-order valence-electron chi connectivity index (χ0n) is 13.7. The monoisotopic (exact) mass is 392 g/mol. The molecule has 128 valence electrons. The van der Waals surface area contributed by atoms with Crippen molar-refractivity contribution >= 4 is 27.9 Å². The molecule has 1 heterocycles. The highest BCUT2D eigenvalue weighted by atomic mass is 79.9. The lowest BCUT2D eigenvalue weighted by Gasteiger charge is -2.11. The van der Waals surface area contributed by atoms with E-state index in [-0.39, 0.29) is 11.7 Å². The van der Waals surface area contributed by atoms with E-state index in [4.69, 9.17) is 9.47 Å². The van der Waals surface area contributed by atoms with E-state index >= 15 is 0 Å². The topological polar surface area (TPSA) is 71.3 Å². The Kier molecular flexibility index (Phi) is 7.29. The Labute approximate surface area is 150 Å². The van der Waals surface area contributed by atoms with Crippen molar-refractivity contribution < 1.29 is 14.3 Å². The lowest BCUT2D eigenvalue weighted by atomic mass is 10.1. The first-order valence-corrected chi connectivity index (χ1v) is 8.87. The molecular formula is C18H21BrN2O3. The molecule has 1 amide bonds. The van der Waals surface area contributed by atoms with Gasteiger partial charge in [0.2, 0.25) is 0 Å². The highest BCUT2D eigenvalue weighted by Gasteiger charge is 2.18. The second kappa shape index (κ2) is 9.45. The predicted octanol–water partition coefficient (Wildman–Crippen LogP) is 3.44. The van der Waals surface area contributed by atoms with Gasteiger partial charge in [-0.25, -0.2) is 0 Å². The normalized spacial score (nSPS) is 17.4. The van der Waals surface area contributed by atoms with Crippen LogP contribution in [0.5, 0.6) is 5.75 Å². The first-order chi connectivity index (χ1) is 11.6. The number of amides is 1. The molecule has 0 radical (unpaired) electrons. The molecule has 1 aromatic rings. The van der Waals surface area contributed by atoms with Crippen LogP contribution in [0, 0.1) is 11.3 Å². The standard InChI is InChI=1S/C18H21BrN2O3/c1-2-7-24-17-6-5-15(19)10-13(17)9-14(11-20)18(22)21-12-16-4-3-8-23-16/h5-6,9-10,16H,2-4,7-8,12H2,1H3,(H,21,22)/b14-9+/t16-/m0/s1. The second-order valence-electron chi connectivity index (χ2n) is 5.55. The van der Waals surface area contributed by atoms with Crippen molar-refractivity contribution in [2.75, 3.05) is 19.8 Å². The number of nitriles is 1. The maximum absolute atomic E-state index is 12.2. The van der Waals surface area contributed by atoms with Gasteiger partial charge in [-0.3, -0.25) is 4.79 Å². The van der Waals surface area contributed by atoms with Gasteiger partial charge in [0, 0.05) is 23.2 Å². The van der Waals surface area contributed by atoms with Crippen molar-refractivity contribution in [1.82, 2.24) is 5.32 Å². The first kappa shape index (κ1) is 18.5. The first-order valence-electron chi connectivity index (χ1n) is 8.08. The van der Waals surface area contributed by atoms with Crippen molar-refractivity contribution in [3.05, 3.63) is 33.8 Å². The van der Waals surface area contributed by atoms with Crippen LogP contribution in [0.2, 0.25) is 0 Å². The minimum Gasteiger partial charge on any atom is -0.493 e. The van der Waals surface area contributed by atoms with Gasteiger partial charge in [-0.05, 0) is 43.5 Å². The molecule has 1 aliphatic rings. The Balaban J connectivity index is 2.11. The highest BCUT2D eigenvalue weighted by molar-refractivity contribution is 9.10. The number of nitrogens with one attached hydrogen (secondary N) is 1. The summed E-state index contributed by atoms with van der Waals surface area (Å²) in [6, 6.07) is 7.49. The SMILES string of the molecule is CCCOc1ccc(Br)cc1/C=C(\C#N)C(=O)NC[C@@H]1CCCO1. The molecule has 2 rings (SSSR count). The van der Waals surface area contributed by atoms with Gasteiger partial charge in [-0.15, -0.1) is 0 Å². The summed E-state index contributed by atoms with van der Waals surface area (Å²) in [7, 11) is 0. The smallest absolute Gasteiger partial charge is 0.262 e. The van der Waals surface area contributed by atoms with E-state index in [0.29, 0.717) is 24.5 Å². The molecular weight excluding hydrogens is 372 g/mol. The fraction of sp³-hybridized carbons (Fsp3) is 0.444. The third-order valence-electron chi connectivity index (χ3n) is 3.61. The third-order valence-corrected chi connectivity index (χ3v) is 4.11. The highest BCUT2D eigenvalue weighted by Crippen LogP contribution is 2.26. The molecule has 1 fully saturated rings. The fourth-order valence-corrected chi connectivity index (χ4v) is 2.77. The summed E-state index contributed by atoms with van der Waals surface area (Å²) in [5.41, 5.74) is 0.745. The summed E-state index contributed by atoms with van der Waals surface area (Å²) in [6.07, 6.45) is 4.43. The van der Waals surface area contributed by atoms with Crippen LogP contribution >= 0.6 is 15.9 Å². The number of carbonyl (C=O) groups is 1. The van der Waals surface area contributed by atoms with Gasteiger partial charge >= 0.3 is 0 Å². The number of nitrogens with zero attached hydrogens (tertiary/aromatic N) is 1. The summed E-state index contributed by atoms with van der Waals surface area (Å²) >= 11 is 3.40. The Morgan fingerprint density at radius 1 is 1.58 bits per heavy atom. The van der Waals surface area contributed by atoms with Crippen LogP contribution in [0.25, 0.3) is 6.08 Å². The van der Waals surface area contributed by atoms with Crippen molar-refractivity contribution in [2.24, 2.45) is 0 Å². The molecule has 1 aromatic carbocycles. The Morgan fingerprint density at radius 3 is 3.08 bits per heavy atom. The van der Waals surface area contributed by atoms with Crippen molar-refractivity contribution in [3.8, 4) is 11.8 Å². The molecule has 24 heavy (non-hydrogen) atoms. The number of carbonyl (C=O) groups excluding carboxylic acids is 1. The molecule has 1 saturated heterocycles. The number of rotatable bonds is 7. The van der Waals surface area contributed by atoms with E-state index in [1.165, 1.54) is 0 Å². The molecule has 5 nitrogen and oxygen atoms in total. The summed E-state index contributed by atoms with van der Waals surface area (Å²) in [5.74, 6) is 0.258. The van der Waals surface area contributed by atoms with Crippen LogP contribution in [0.4, 0.5) is 0 Å². The lowest BCUT2D eigenvalue weighted by molar-refractivity contribution is -0.117. The molecule has 6 heteroatoms. The van der Waals surface area contributed by atoms with Gasteiger partial charge in [0.15, 0.2) is 0 Å². The zero-order chi connectivity index (χ0) is 17.4. The van der Waals surface area contributed by atoms with Gasteiger partial charge in [0.1, 0.15) is 17.4 Å². The molecule has 1 N–H and O–H groups in total. The summed E-state index contributed by atoms with van der Waals surface area (Å²) < 4.78 is 12.0. The van der Waals surface area contributed by atoms with Gasteiger partial charge in [-0.1, -0.05) is 22.9 Å². The minimum absolute atomic E-state index is 0.0446. The molecule has 0 unspecified atom stereocenters. The van der Waals surface area contributed by atoms with Crippen LogP contribution in [0.15, 0.2) is 28.2 Å². The van der Waals surface area contributed by atoms with Crippen molar-refractivity contribution in [2.45, 2.75) is 32.3 Å². The number of benzene rings is 1. The van der Waals surface area contributed by atoms with Crippen LogP contribution in [0.3, 0.4) is 0 Å². The van der Waals surface area contributed by atoms with E-state index in [1.807, 2.05) is 31.2 Å². The molecule has 0 bridgehead atoms. The van der Waals surface area contributed by atoms with E-state index < -0.39 is 5.91 Å². The third kappa shape index (κ3) is 5.36. The van der Waals surface area contributed by atoms with Crippen molar-refractivity contribution in [1.29, 1.82) is 5.26 Å². The van der Waals surface area contributed by atoms with Gasteiger partial charge in [0.05, 0.1) is 12.7 Å². The summed E-state index contributed by atoms with van der Waals surface area (Å²) in [4.78, 5) is 12.2. The summed E-state index contributed by atoms with van der Waals surface area (Å²) in [6.45, 7) is 3.76. The van der Waals surface area contributed by atoms with Crippen LogP contribution in [-0.4, -0.2) is 31.8 Å². The number of ether oxygens (including phenoxy) is 2. The Morgan fingerprint density at radius 2 is 2.42 bits per heavy atom. The maximum Gasteiger partial charge on any atom is 0.262 e. The molecule has 0 aromatic heterocycles. The Bertz CT molecular complexity index is 646. The van der Waals surface area contributed by atoms with E-state index in [0.717, 1.165) is 30.3 Å². The molecule has 1 atom stereocenters. The van der Waals surface area contributed by atoms with Gasteiger partial charge in [0.25, 0.3) is 5.91 Å². The van der Waals surface area contributed by atoms with Gasteiger partial charge in [-0.2, -0.15) is 5.26 Å². The van der Waals surface area contributed by atoms with Crippen LogP contribution in [-0.2, 0) is 9.53 Å². The average Bonchev–Trinajstić information content (AvgIpc) is 3.10. The number of hydrogen-bond acceptors (Lipinski definition) is 4. The molecule has 0 aliphatic carbocycles. The lowest BCUT2D eigenvalue weighted by Crippen LogP contribution is -2.32. The minimum atomic E-state index is -0.394. The Hall–Kier alpha value is -1.84. The van der Waals surface area contributed by atoms with E-state index in [1.54, 1.807) is 6.08 Å². The number of halogens is 1. The zero-order valence-corrected chi connectivity index (χ0v) is 15.3. The number of hydrogen-bond donors (Lipinski definition) is 1. The van der Waals surface area contributed by atoms with E-state index in [9.17, 15) is 10.1 Å². The fourth-order valence-electron chi connectivity index (χ4n) is 2.39.